The first-order chi connectivity index (χ1) is 13.1. The summed E-state index contributed by atoms with van der Waals surface area (Å²) in [5.74, 6) is 1.01. The molecule has 1 amide bonds. The molecule has 0 unspecified atom stereocenters. The van der Waals surface area contributed by atoms with Gasteiger partial charge in [-0.1, -0.05) is 0 Å². The molecule has 7 nitrogen and oxygen atoms in total. The minimum absolute atomic E-state index is 0. The van der Waals surface area contributed by atoms with Gasteiger partial charge in [-0.25, -0.2) is 0 Å². The Bertz CT molecular complexity index is 473. The number of guanidine groups is 1. The number of amides is 1. The highest BCUT2D eigenvalue weighted by atomic mass is 127. The molecule has 0 aromatic heterocycles. The van der Waals surface area contributed by atoms with Crippen LogP contribution in [-0.2, 0) is 9.53 Å². The molecule has 2 N–H and O–H groups in total. The number of aliphatic imine (C=N–C) groups is 1. The lowest BCUT2D eigenvalue weighted by atomic mass is 9.88. The second kappa shape index (κ2) is 13.6. The Morgan fingerprint density at radius 2 is 1.75 bits per heavy atom. The Labute approximate surface area is 188 Å². The van der Waals surface area contributed by atoms with Crippen LogP contribution in [0.15, 0.2) is 4.99 Å². The van der Waals surface area contributed by atoms with E-state index in [0.29, 0.717) is 13.0 Å². The van der Waals surface area contributed by atoms with Gasteiger partial charge in [-0.15, -0.1) is 24.0 Å². The topological polar surface area (TPSA) is 69.2 Å². The van der Waals surface area contributed by atoms with Crippen LogP contribution in [0.3, 0.4) is 0 Å². The van der Waals surface area contributed by atoms with Gasteiger partial charge < -0.3 is 20.3 Å². The summed E-state index contributed by atoms with van der Waals surface area (Å²) in [6.07, 6.45) is 5.18. The fourth-order valence-electron chi connectivity index (χ4n) is 4.11. The third-order valence-corrected chi connectivity index (χ3v) is 5.82. The summed E-state index contributed by atoms with van der Waals surface area (Å²) in [5.41, 5.74) is 0.133. The Balaban J connectivity index is 0.00000392. The quantitative estimate of drug-likeness (QED) is 0.283. The largest absolute Gasteiger partial charge is 0.381 e. The SMILES string of the molecule is CCNC(=NCC1(N2CCCC2)CCOCC1)NCCC(=O)N(CC)CC.I. The number of nitrogens with zero attached hydrogens (tertiary/aromatic N) is 3. The number of carbonyl (C=O) groups is 1. The maximum atomic E-state index is 12.2. The van der Waals surface area contributed by atoms with Gasteiger partial charge in [0.15, 0.2) is 5.96 Å². The van der Waals surface area contributed by atoms with E-state index in [1.807, 2.05) is 18.7 Å². The van der Waals surface area contributed by atoms with Crippen LogP contribution in [0, 0.1) is 0 Å². The predicted octanol–water partition coefficient (Wildman–Crippen LogP) is 2.06. The average molecular weight is 509 g/mol. The maximum absolute atomic E-state index is 12.2. The molecule has 0 radical (unpaired) electrons. The molecular weight excluding hydrogens is 469 g/mol. The van der Waals surface area contributed by atoms with E-state index in [1.54, 1.807) is 0 Å². The number of nitrogens with one attached hydrogen (secondary N) is 2. The lowest BCUT2D eigenvalue weighted by Crippen LogP contribution is -2.54. The van der Waals surface area contributed by atoms with Crippen molar-refractivity contribution in [2.24, 2.45) is 4.99 Å². The highest BCUT2D eigenvalue weighted by molar-refractivity contribution is 14.0. The number of hydrogen-bond acceptors (Lipinski definition) is 4. The number of ether oxygens (including phenoxy) is 1. The molecule has 2 fully saturated rings. The van der Waals surface area contributed by atoms with Crippen molar-refractivity contribution < 1.29 is 9.53 Å². The third-order valence-electron chi connectivity index (χ3n) is 5.82. The van der Waals surface area contributed by atoms with E-state index in [2.05, 4.69) is 22.5 Å². The summed E-state index contributed by atoms with van der Waals surface area (Å²) >= 11 is 0. The van der Waals surface area contributed by atoms with E-state index in [9.17, 15) is 4.79 Å². The molecule has 2 aliphatic heterocycles. The molecule has 0 spiro atoms. The summed E-state index contributed by atoms with van der Waals surface area (Å²) in [6, 6.07) is 0. The lowest BCUT2D eigenvalue weighted by molar-refractivity contribution is -0.130. The molecule has 0 aliphatic carbocycles. The van der Waals surface area contributed by atoms with Gasteiger partial charge >= 0.3 is 0 Å². The average Bonchev–Trinajstić information content (AvgIpc) is 3.23. The van der Waals surface area contributed by atoms with Crippen molar-refractivity contribution in [1.82, 2.24) is 20.4 Å². The van der Waals surface area contributed by atoms with Gasteiger partial charge in [0, 0.05) is 51.4 Å². The van der Waals surface area contributed by atoms with E-state index in [4.69, 9.17) is 9.73 Å². The number of rotatable bonds is 9. The van der Waals surface area contributed by atoms with Crippen LogP contribution in [0.1, 0.15) is 52.9 Å². The van der Waals surface area contributed by atoms with E-state index in [1.165, 1.54) is 25.9 Å². The molecule has 0 aromatic rings. The fourth-order valence-corrected chi connectivity index (χ4v) is 4.11. The molecule has 28 heavy (non-hydrogen) atoms. The number of hydrogen-bond donors (Lipinski definition) is 2. The summed E-state index contributed by atoms with van der Waals surface area (Å²) in [5, 5.41) is 6.67. The smallest absolute Gasteiger partial charge is 0.224 e. The molecule has 8 heteroatoms. The highest BCUT2D eigenvalue weighted by Crippen LogP contribution is 2.31. The standard InChI is InChI=1S/C20H39N5O2.HI/c1-4-21-19(22-12-9-18(26)24(5-2)6-3)23-17-20(10-15-27-16-11-20)25-13-7-8-14-25;/h4-17H2,1-3H3,(H2,21,22,23);1H. The van der Waals surface area contributed by atoms with Crippen molar-refractivity contribution in [1.29, 1.82) is 0 Å². The number of carbonyl (C=O) groups excluding carboxylic acids is 1. The van der Waals surface area contributed by atoms with Crippen molar-refractivity contribution in [3.63, 3.8) is 0 Å². The Morgan fingerprint density at radius 1 is 1.11 bits per heavy atom. The first-order valence-corrected chi connectivity index (χ1v) is 10.8. The summed E-state index contributed by atoms with van der Waals surface area (Å²) < 4.78 is 5.62. The molecule has 0 aromatic carbocycles. The zero-order valence-corrected chi connectivity index (χ0v) is 20.3. The lowest BCUT2D eigenvalue weighted by Gasteiger charge is -2.43. The van der Waals surface area contributed by atoms with Gasteiger partial charge in [-0.05, 0) is 59.5 Å². The molecule has 0 bridgehead atoms. The maximum Gasteiger partial charge on any atom is 0.224 e. The van der Waals surface area contributed by atoms with Crippen molar-refractivity contribution >= 4 is 35.8 Å². The van der Waals surface area contributed by atoms with E-state index < -0.39 is 0 Å². The van der Waals surface area contributed by atoms with Crippen molar-refractivity contribution in [3.8, 4) is 0 Å². The second-order valence-electron chi connectivity index (χ2n) is 7.47. The van der Waals surface area contributed by atoms with Crippen molar-refractivity contribution in [3.05, 3.63) is 0 Å². The first-order valence-electron chi connectivity index (χ1n) is 10.8. The Morgan fingerprint density at radius 3 is 2.32 bits per heavy atom. The molecule has 0 atom stereocenters. The normalized spacial score (nSPS) is 19.8. The molecule has 2 aliphatic rings. The molecule has 164 valence electrons. The minimum atomic E-state index is 0. The fraction of sp³-hybridized carbons (Fsp3) is 0.900. The third kappa shape index (κ3) is 7.33. The minimum Gasteiger partial charge on any atom is -0.381 e. The Hall–Kier alpha value is -0.610. The van der Waals surface area contributed by atoms with E-state index in [0.717, 1.165) is 58.2 Å². The molecule has 2 rings (SSSR count). The van der Waals surface area contributed by atoms with Gasteiger partial charge in [0.1, 0.15) is 0 Å². The highest BCUT2D eigenvalue weighted by Gasteiger charge is 2.39. The van der Waals surface area contributed by atoms with Gasteiger partial charge in [-0.3, -0.25) is 14.7 Å². The summed E-state index contributed by atoms with van der Waals surface area (Å²) in [4.78, 5) is 21.6. The zero-order valence-electron chi connectivity index (χ0n) is 18.0. The van der Waals surface area contributed by atoms with Crippen LogP contribution < -0.4 is 10.6 Å². The molecular formula is C20H40IN5O2. The monoisotopic (exact) mass is 509 g/mol. The molecule has 0 saturated carbocycles. The van der Waals surface area contributed by atoms with E-state index in [-0.39, 0.29) is 35.4 Å². The van der Waals surface area contributed by atoms with Crippen LogP contribution in [0.25, 0.3) is 0 Å². The van der Waals surface area contributed by atoms with Gasteiger partial charge in [0.05, 0.1) is 6.54 Å². The van der Waals surface area contributed by atoms with Crippen LogP contribution >= 0.6 is 24.0 Å². The van der Waals surface area contributed by atoms with Crippen molar-refractivity contribution in [2.75, 3.05) is 59.0 Å². The van der Waals surface area contributed by atoms with Gasteiger partial charge in [0.25, 0.3) is 0 Å². The number of likely N-dealkylation sites (tertiary alicyclic amines) is 1. The first kappa shape index (κ1) is 25.4. The molecule has 2 saturated heterocycles. The summed E-state index contributed by atoms with van der Waals surface area (Å²) in [6.45, 7) is 13.9. The van der Waals surface area contributed by atoms with Crippen LogP contribution in [0.4, 0.5) is 0 Å². The van der Waals surface area contributed by atoms with Crippen LogP contribution in [-0.4, -0.2) is 86.2 Å². The zero-order chi connectivity index (χ0) is 19.5. The number of halogens is 1. The van der Waals surface area contributed by atoms with Gasteiger partial charge in [-0.2, -0.15) is 0 Å². The predicted molar refractivity (Wildman–Crippen MR) is 126 cm³/mol. The van der Waals surface area contributed by atoms with Crippen molar-refractivity contribution in [2.45, 2.75) is 58.4 Å². The molecule has 2 heterocycles. The Kier molecular flexibility index (Phi) is 12.3. The second-order valence-corrected chi connectivity index (χ2v) is 7.47. The van der Waals surface area contributed by atoms with Gasteiger partial charge in [0.2, 0.25) is 5.91 Å². The van der Waals surface area contributed by atoms with Crippen LogP contribution in [0.2, 0.25) is 0 Å². The van der Waals surface area contributed by atoms with E-state index >= 15 is 0 Å². The van der Waals surface area contributed by atoms with Crippen LogP contribution in [0.5, 0.6) is 0 Å². The summed E-state index contributed by atoms with van der Waals surface area (Å²) in [7, 11) is 0.